The normalized spacial score (nSPS) is 25.6. The van der Waals surface area contributed by atoms with Crippen LogP contribution in [0.2, 0.25) is 0 Å². The molecular formula is C17H24BrNO2. The highest BCUT2D eigenvalue weighted by atomic mass is 79.9. The monoisotopic (exact) mass is 353 g/mol. The van der Waals surface area contributed by atoms with Gasteiger partial charge in [0, 0.05) is 16.6 Å². The molecule has 0 bridgehead atoms. The number of carbonyl (C=O) groups excluding carboxylic acids is 1. The van der Waals surface area contributed by atoms with Gasteiger partial charge < -0.3 is 10.4 Å². The van der Waals surface area contributed by atoms with E-state index in [-0.39, 0.29) is 5.91 Å². The van der Waals surface area contributed by atoms with Crippen LogP contribution in [0, 0.1) is 12.8 Å². The number of rotatable bonds is 4. The molecule has 3 nitrogen and oxygen atoms in total. The molecule has 4 heteroatoms. The number of carbonyl (C=O) groups is 1. The van der Waals surface area contributed by atoms with Gasteiger partial charge in [0.15, 0.2) is 0 Å². The molecule has 0 saturated heterocycles. The highest BCUT2D eigenvalue weighted by molar-refractivity contribution is 9.10. The molecule has 1 saturated carbocycles. The number of aryl methyl sites for hydroxylation is 1. The third-order valence-electron chi connectivity index (χ3n) is 4.61. The Labute approximate surface area is 135 Å². The summed E-state index contributed by atoms with van der Waals surface area (Å²) in [4.78, 5) is 12.2. The number of hydrogen-bond acceptors (Lipinski definition) is 2. The summed E-state index contributed by atoms with van der Waals surface area (Å²) in [6.07, 6.45) is 4.86. The highest BCUT2D eigenvalue weighted by Crippen LogP contribution is 2.33. The standard InChI is InChI=1S/C17H24BrNO2/c1-3-13-6-8-17(21,9-7-13)11-19-16(20)14-4-5-15(18)12(2)10-14/h4-5,10,13,21H,3,6-9,11H2,1-2H3,(H,19,20). The highest BCUT2D eigenvalue weighted by Gasteiger charge is 2.32. The zero-order valence-corrected chi connectivity index (χ0v) is 14.4. The topological polar surface area (TPSA) is 49.3 Å². The first-order chi connectivity index (χ1) is 9.93. The van der Waals surface area contributed by atoms with Gasteiger partial charge in [-0.1, -0.05) is 29.3 Å². The number of benzene rings is 1. The predicted molar refractivity (Wildman–Crippen MR) is 88.4 cm³/mol. The molecule has 0 spiro atoms. The quantitative estimate of drug-likeness (QED) is 0.864. The predicted octanol–water partition coefficient (Wildman–Crippen LogP) is 3.82. The van der Waals surface area contributed by atoms with Crippen LogP contribution in [-0.2, 0) is 0 Å². The molecule has 1 aliphatic carbocycles. The van der Waals surface area contributed by atoms with E-state index in [1.54, 1.807) is 6.07 Å². The summed E-state index contributed by atoms with van der Waals surface area (Å²) in [6, 6.07) is 5.54. The van der Waals surface area contributed by atoms with E-state index in [0.717, 1.165) is 41.6 Å². The molecule has 1 aromatic rings. The van der Waals surface area contributed by atoms with Gasteiger partial charge in [-0.3, -0.25) is 4.79 Å². The minimum atomic E-state index is -0.730. The molecule has 0 unspecified atom stereocenters. The Kier molecular flexibility index (Phi) is 5.44. The van der Waals surface area contributed by atoms with Crippen LogP contribution >= 0.6 is 15.9 Å². The van der Waals surface area contributed by atoms with Crippen LogP contribution in [0.5, 0.6) is 0 Å². The Hall–Kier alpha value is -0.870. The summed E-state index contributed by atoms with van der Waals surface area (Å²) in [6.45, 7) is 4.50. The van der Waals surface area contributed by atoms with Crippen molar-refractivity contribution in [2.45, 2.75) is 51.6 Å². The summed E-state index contributed by atoms with van der Waals surface area (Å²) in [5, 5.41) is 13.4. The first-order valence-electron chi connectivity index (χ1n) is 7.70. The van der Waals surface area contributed by atoms with Crippen molar-refractivity contribution in [1.29, 1.82) is 0 Å². The summed E-state index contributed by atoms with van der Waals surface area (Å²) in [5.41, 5.74) is 0.942. The lowest BCUT2D eigenvalue weighted by molar-refractivity contribution is -0.00786. The minimum absolute atomic E-state index is 0.114. The van der Waals surface area contributed by atoms with Crippen molar-refractivity contribution in [3.8, 4) is 0 Å². The summed E-state index contributed by atoms with van der Waals surface area (Å²) >= 11 is 3.43. The van der Waals surface area contributed by atoms with Crippen LogP contribution in [0.25, 0.3) is 0 Å². The first-order valence-corrected chi connectivity index (χ1v) is 8.49. The van der Waals surface area contributed by atoms with E-state index < -0.39 is 5.60 Å². The van der Waals surface area contributed by atoms with Crippen molar-refractivity contribution in [1.82, 2.24) is 5.32 Å². The second-order valence-electron chi connectivity index (χ2n) is 6.22. The molecule has 0 radical (unpaired) electrons. The minimum Gasteiger partial charge on any atom is -0.388 e. The number of nitrogens with one attached hydrogen (secondary N) is 1. The van der Waals surface area contributed by atoms with E-state index in [0.29, 0.717) is 12.1 Å². The maximum atomic E-state index is 12.2. The van der Waals surface area contributed by atoms with Crippen molar-refractivity contribution in [3.63, 3.8) is 0 Å². The van der Waals surface area contributed by atoms with E-state index in [4.69, 9.17) is 0 Å². The Balaban J connectivity index is 1.90. The smallest absolute Gasteiger partial charge is 0.251 e. The largest absolute Gasteiger partial charge is 0.388 e. The summed E-state index contributed by atoms with van der Waals surface area (Å²) in [7, 11) is 0. The molecule has 0 aliphatic heterocycles. The lowest BCUT2D eigenvalue weighted by atomic mass is 9.78. The van der Waals surface area contributed by atoms with Crippen LogP contribution in [-0.4, -0.2) is 23.2 Å². The molecule has 1 fully saturated rings. The molecule has 1 amide bonds. The van der Waals surface area contributed by atoms with Gasteiger partial charge in [0.05, 0.1) is 5.60 Å². The molecule has 0 aromatic heterocycles. The molecular weight excluding hydrogens is 330 g/mol. The molecule has 2 N–H and O–H groups in total. The number of aliphatic hydroxyl groups is 1. The van der Waals surface area contributed by atoms with Crippen LogP contribution in [0.1, 0.15) is 54.9 Å². The number of halogens is 1. The van der Waals surface area contributed by atoms with Crippen LogP contribution < -0.4 is 5.32 Å². The Morgan fingerprint density at radius 1 is 1.43 bits per heavy atom. The lowest BCUT2D eigenvalue weighted by Crippen LogP contribution is -2.45. The SMILES string of the molecule is CCC1CCC(O)(CNC(=O)c2ccc(Br)c(C)c2)CC1. The summed E-state index contributed by atoms with van der Waals surface area (Å²) in [5.74, 6) is 0.617. The van der Waals surface area contributed by atoms with Crippen LogP contribution in [0.3, 0.4) is 0 Å². The van der Waals surface area contributed by atoms with Gasteiger partial charge in [0.25, 0.3) is 5.91 Å². The zero-order valence-electron chi connectivity index (χ0n) is 12.8. The maximum Gasteiger partial charge on any atom is 0.251 e. The molecule has 1 aromatic carbocycles. The number of amides is 1. The Morgan fingerprint density at radius 3 is 2.67 bits per heavy atom. The van der Waals surface area contributed by atoms with Crippen molar-refractivity contribution in [2.75, 3.05) is 6.54 Å². The Bertz CT molecular complexity index is 508. The van der Waals surface area contributed by atoms with Gasteiger partial charge in [-0.2, -0.15) is 0 Å². The van der Waals surface area contributed by atoms with E-state index in [9.17, 15) is 9.90 Å². The number of hydrogen-bond donors (Lipinski definition) is 2. The molecule has 2 rings (SSSR count). The second kappa shape index (κ2) is 6.93. The molecule has 0 atom stereocenters. The average molecular weight is 354 g/mol. The fourth-order valence-electron chi connectivity index (χ4n) is 2.93. The second-order valence-corrected chi connectivity index (χ2v) is 7.08. The third-order valence-corrected chi connectivity index (χ3v) is 5.50. The Morgan fingerprint density at radius 2 is 2.10 bits per heavy atom. The molecule has 21 heavy (non-hydrogen) atoms. The van der Waals surface area contributed by atoms with Gasteiger partial charge in [0.2, 0.25) is 0 Å². The fraction of sp³-hybridized carbons (Fsp3) is 0.588. The van der Waals surface area contributed by atoms with E-state index >= 15 is 0 Å². The zero-order chi connectivity index (χ0) is 15.5. The van der Waals surface area contributed by atoms with Crippen molar-refractivity contribution in [2.24, 2.45) is 5.92 Å². The summed E-state index contributed by atoms with van der Waals surface area (Å²) < 4.78 is 0.996. The van der Waals surface area contributed by atoms with E-state index in [1.807, 2.05) is 19.1 Å². The van der Waals surface area contributed by atoms with E-state index in [2.05, 4.69) is 28.2 Å². The van der Waals surface area contributed by atoms with Crippen LogP contribution in [0.15, 0.2) is 22.7 Å². The average Bonchev–Trinajstić information content (AvgIpc) is 2.48. The van der Waals surface area contributed by atoms with Crippen molar-refractivity contribution >= 4 is 21.8 Å². The first kappa shape index (κ1) is 16.5. The van der Waals surface area contributed by atoms with Gasteiger partial charge in [-0.05, 0) is 62.3 Å². The molecule has 116 valence electrons. The maximum absolute atomic E-state index is 12.2. The lowest BCUT2D eigenvalue weighted by Gasteiger charge is -2.35. The molecule has 0 heterocycles. The van der Waals surface area contributed by atoms with Gasteiger partial charge in [0.1, 0.15) is 0 Å². The van der Waals surface area contributed by atoms with Crippen molar-refractivity contribution < 1.29 is 9.90 Å². The van der Waals surface area contributed by atoms with E-state index in [1.165, 1.54) is 6.42 Å². The van der Waals surface area contributed by atoms with Gasteiger partial charge in [-0.25, -0.2) is 0 Å². The molecule has 1 aliphatic rings. The van der Waals surface area contributed by atoms with Gasteiger partial charge in [-0.15, -0.1) is 0 Å². The van der Waals surface area contributed by atoms with Gasteiger partial charge >= 0.3 is 0 Å². The van der Waals surface area contributed by atoms with Crippen LogP contribution in [0.4, 0.5) is 0 Å². The van der Waals surface area contributed by atoms with Crippen molar-refractivity contribution in [3.05, 3.63) is 33.8 Å². The third kappa shape index (κ3) is 4.30. The fourth-order valence-corrected chi connectivity index (χ4v) is 3.18.